The fourth-order valence-electron chi connectivity index (χ4n) is 1.68. The van der Waals surface area contributed by atoms with Crippen LogP contribution in [0.15, 0.2) is 51.1 Å². The number of rotatable bonds is 5. The largest absolute Gasteiger partial charge is 0.593 e. The monoisotopic (exact) mass is 410 g/mol. The lowest BCUT2D eigenvalue weighted by Gasteiger charge is -2.13. The van der Waals surface area contributed by atoms with Crippen molar-refractivity contribution in [3.8, 4) is 0 Å². The molecule has 2 aromatic carbocycles. The third-order valence-corrected chi connectivity index (χ3v) is 5.86. The van der Waals surface area contributed by atoms with Gasteiger partial charge in [-0.25, -0.2) is 18.3 Å². The number of nitrogens with two attached hydrogens (primary N) is 1. The molecular formula is C13H12Cl2N2O3S3. The molecule has 0 spiro atoms. The Labute approximate surface area is 151 Å². The first kappa shape index (κ1) is 18.7. The van der Waals surface area contributed by atoms with Gasteiger partial charge in [0.1, 0.15) is 6.26 Å². The first-order chi connectivity index (χ1) is 10.7. The van der Waals surface area contributed by atoms with Gasteiger partial charge in [0.25, 0.3) is 0 Å². The quantitative estimate of drug-likeness (QED) is 0.735. The van der Waals surface area contributed by atoms with E-state index in [0.717, 1.165) is 0 Å². The molecule has 124 valence electrons. The molecule has 2 aromatic rings. The van der Waals surface area contributed by atoms with E-state index in [1.165, 1.54) is 36.2 Å². The maximum Gasteiger partial charge on any atom is 0.238 e. The molecule has 0 radical (unpaired) electrons. The number of primary sulfonamides is 1. The van der Waals surface area contributed by atoms with E-state index in [9.17, 15) is 13.0 Å². The molecule has 0 saturated heterocycles. The van der Waals surface area contributed by atoms with Crippen LogP contribution in [0.5, 0.6) is 0 Å². The highest BCUT2D eigenvalue weighted by Crippen LogP contribution is 2.39. The van der Waals surface area contributed by atoms with Crippen molar-refractivity contribution in [3.05, 3.63) is 46.4 Å². The summed E-state index contributed by atoms with van der Waals surface area (Å²) in [6.45, 7) is 0. The molecule has 0 aliphatic rings. The summed E-state index contributed by atoms with van der Waals surface area (Å²) >= 11 is 11.9. The minimum Gasteiger partial charge on any atom is -0.593 e. The highest BCUT2D eigenvalue weighted by Gasteiger charge is 2.15. The Hall–Kier alpha value is -0.610. The molecule has 0 saturated carbocycles. The van der Waals surface area contributed by atoms with Gasteiger partial charge in [0.05, 0.1) is 27.0 Å². The molecule has 23 heavy (non-hydrogen) atoms. The third-order valence-electron chi connectivity index (χ3n) is 2.65. The first-order valence-electron chi connectivity index (χ1n) is 6.06. The Kier molecular flexibility index (Phi) is 6.12. The first-order valence-corrected chi connectivity index (χ1v) is 10.7. The van der Waals surface area contributed by atoms with Crippen molar-refractivity contribution < 1.29 is 13.0 Å². The zero-order valence-electron chi connectivity index (χ0n) is 11.7. The summed E-state index contributed by atoms with van der Waals surface area (Å²) in [6.07, 6.45) is 1.47. The lowest BCUT2D eigenvalue weighted by atomic mass is 10.3. The van der Waals surface area contributed by atoms with Crippen molar-refractivity contribution in [2.24, 2.45) is 5.14 Å². The van der Waals surface area contributed by atoms with Crippen LogP contribution in [0.4, 0.5) is 5.69 Å². The molecule has 0 aromatic heterocycles. The molecule has 5 nitrogen and oxygen atoms in total. The molecule has 10 heteroatoms. The van der Waals surface area contributed by atoms with Crippen LogP contribution in [-0.4, -0.2) is 19.2 Å². The second-order valence-corrected chi connectivity index (χ2v) is 9.04. The smallest absolute Gasteiger partial charge is 0.238 e. The van der Waals surface area contributed by atoms with Gasteiger partial charge in [-0.3, -0.25) is 0 Å². The minimum atomic E-state index is -3.85. The van der Waals surface area contributed by atoms with E-state index in [2.05, 4.69) is 4.72 Å². The number of benzene rings is 2. The number of nitrogens with one attached hydrogen (secondary N) is 1. The average Bonchev–Trinajstić information content (AvgIpc) is 2.42. The normalized spacial score (nSPS) is 12.9. The van der Waals surface area contributed by atoms with E-state index in [-0.39, 0.29) is 4.90 Å². The SMILES string of the molecule is C[S+]([O-])Nc1ccc(S(N)(=O)=O)cc1Sc1ccc(Cl)cc1Cl. The van der Waals surface area contributed by atoms with E-state index in [4.69, 9.17) is 28.3 Å². The minimum absolute atomic E-state index is 0.0440. The third kappa shape index (κ3) is 5.18. The van der Waals surface area contributed by atoms with Crippen LogP contribution in [0.1, 0.15) is 0 Å². The molecule has 1 unspecified atom stereocenters. The Morgan fingerprint density at radius 1 is 1.17 bits per heavy atom. The van der Waals surface area contributed by atoms with Crippen molar-refractivity contribution in [2.45, 2.75) is 14.7 Å². The summed E-state index contributed by atoms with van der Waals surface area (Å²) in [4.78, 5) is 1.15. The van der Waals surface area contributed by atoms with Crippen molar-refractivity contribution >= 4 is 62.0 Å². The van der Waals surface area contributed by atoms with Crippen LogP contribution in [0.2, 0.25) is 10.0 Å². The summed E-state index contributed by atoms with van der Waals surface area (Å²) in [7, 11) is -3.85. The van der Waals surface area contributed by atoms with Crippen LogP contribution in [-0.2, 0) is 21.4 Å². The highest BCUT2D eigenvalue weighted by atomic mass is 35.5. The van der Waals surface area contributed by atoms with Gasteiger partial charge >= 0.3 is 0 Å². The van der Waals surface area contributed by atoms with E-state index in [1.54, 1.807) is 18.2 Å². The van der Waals surface area contributed by atoms with E-state index in [1.807, 2.05) is 0 Å². The van der Waals surface area contributed by atoms with Crippen LogP contribution in [0, 0.1) is 0 Å². The van der Waals surface area contributed by atoms with E-state index < -0.39 is 21.4 Å². The van der Waals surface area contributed by atoms with Gasteiger partial charge in [0.15, 0.2) is 0 Å². The average molecular weight is 411 g/mol. The van der Waals surface area contributed by atoms with Crippen LogP contribution in [0.25, 0.3) is 0 Å². The van der Waals surface area contributed by atoms with Crippen molar-refractivity contribution in [1.29, 1.82) is 0 Å². The van der Waals surface area contributed by atoms with Crippen molar-refractivity contribution in [3.63, 3.8) is 0 Å². The fraction of sp³-hybridized carbons (Fsp3) is 0.0769. The molecule has 0 aliphatic carbocycles. The molecular weight excluding hydrogens is 399 g/mol. The summed E-state index contributed by atoms with van der Waals surface area (Å²) in [5.41, 5.74) is 0.509. The number of sulfonamides is 1. The standard InChI is InChI=1S/C13H12Cl2N2O3S3/c1-22(18)17-11-4-3-9(23(16,19)20)7-13(11)21-12-5-2-8(14)6-10(12)15/h2-7,17H,1H3,(H2,16,19,20). The van der Waals surface area contributed by atoms with Crippen LogP contribution in [0.3, 0.4) is 0 Å². The molecule has 0 aliphatic heterocycles. The molecule has 1 atom stereocenters. The summed E-state index contributed by atoms with van der Waals surface area (Å²) in [6, 6.07) is 9.22. The molecule has 0 amide bonds. The van der Waals surface area contributed by atoms with Gasteiger partial charge in [0, 0.05) is 14.8 Å². The summed E-state index contributed by atoms with van der Waals surface area (Å²) in [5, 5.41) is 6.07. The second kappa shape index (κ2) is 7.52. The van der Waals surface area contributed by atoms with Gasteiger partial charge in [-0.2, -0.15) is 0 Å². The number of hydrogen-bond acceptors (Lipinski definition) is 5. The molecule has 0 fully saturated rings. The zero-order chi connectivity index (χ0) is 17.2. The predicted molar refractivity (Wildman–Crippen MR) is 96.1 cm³/mol. The molecule has 2 rings (SSSR count). The van der Waals surface area contributed by atoms with E-state index >= 15 is 0 Å². The topological polar surface area (TPSA) is 95.2 Å². The van der Waals surface area contributed by atoms with Gasteiger partial charge in [-0.15, -0.1) is 0 Å². The molecule has 3 N–H and O–H groups in total. The van der Waals surface area contributed by atoms with Gasteiger partial charge in [0.2, 0.25) is 10.0 Å². The Bertz CT molecular complexity index is 829. The van der Waals surface area contributed by atoms with Crippen LogP contribution < -0.4 is 9.86 Å². The zero-order valence-corrected chi connectivity index (χ0v) is 15.7. The van der Waals surface area contributed by atoms with Gasteiger partial charge in [-0.1, -0.05) is 35.0 Å². The van der Waals surface area contributed by atoms with Crippen LogP contribution >= 0.6 is 35.0 Å². The van der Waals surface area contributed by atoms with Crippen molar-refractivity contribution in [1.82, 2.24) is 0 Å². The molecule has 0 bridgehead atoms. The Balaban J connectivity index is 2.48. The molecule has 0 heterocycles. The van der Waals surface area contributed by atoms with Crippen molar-refractivity contribution in [2.75, 3.05) is 11.0 Å². The number of halogens is 2. The maximum absolute atomic E-state index is 11.5. The highest BCUT2D eigenvalue weighted by molar-refractivity contribution is 7.99. The Morgan fingerprint density at radius 3 is 2.43 bits per heavy atom. The predicted octanol–water partition coefficient (Wildman–Crippen LogP) is 3.50. The second-order valence-electron chi connectivity index (χ2n) is 4.44. The number of anilines is 1. The summed E-state index contributed by atoms with van der Waals surface area (Å²) < 4.78 is 37.2. The lowest BCUT2D eigenvalue weighted by Crippen LogP contribution is -2.14. The summed E-state index contributed by atoms with van der Waals surface area (Å²) in [5.74, 6) is 0. The van der Waals surface area contributed by atoms with Gasteiger partial charge < -0.3 is 4.55 Å². The lowest BCUT2D eigenvalue weighted by molar-refractivity contribution is 0.597. The van der Waals surface area contributed by atoms with E-state index in [0.29, 0.717) is 25.5 Å². The fourth-order valence-corrected chi connectivity index (χ4v) is 4.31. The van der Waals surface area contributed by atoms with Gasteiger partial charge in [-0.05, 0) is 36.4 Å². The number of hydrogen-bond donors (Lipinski definition) is 2. The Morgan fingerprint density at radius 2 is 1.87 bits per heavy atom. The maximum atomic E-state index is 11.5.